The van der Waals surface area contributed by atoms with Crippen LogP contribution in [-0.2, 0) is 6.54 Å². The van der Waals surface area contributed by atoms with Crippen LogP contribution in [0.3, 0.4) is 0 Å². The molecule has 1 aromatic heterocycles. The Labute approximate surface area is 124 Å². The maximum atomic E-state index is 6.02. The molecule has 0 radical (unpaired) electrons. The fourth-order valence-electron chi connectivity index (χ4n) is 3.35. The molecule has 0 amide bonds. The Kier molecular flexibility index (Phi) is 2.94. The molecule has 2 fully saturated rings. The van der Waals surface area contributed by atoms with Crippen LogP contribution in [0.5, 0.6) is 0 Å². The van der Waals surface area contributed by atoms with Crippen LogP contribution in [0.1, 0.15) is 31.2 Å². The summed E-state index contributed by atoms with van der Waals surface area (Å²) in [5.74, 6) is 3.41. The molecular formula is C16H21N5. The maximum Gasteiger partial charge on any atom is 0.182 e. The van der Waals surface area contributed by atoms with Gasteiger partial charge >= 0.3 is 0 Å². The molecule has 1 aromatic carbocycles. The van der Waals surface area contributed by atoms with Crippen molar-refractivity contribution in [2.75, 3.05) is 5.73 Å². The van der Waals surface area contributed by atoms with Crippen molar-refractivity contribution in [3.8, 4) is 11.4 Å². The third kappa shape index (κ3) is 2.41. The summed E-state index contributed by atoms with van der Waals surface area (Å²) in [4.78, 5) is 0. The first-order chi connectivity index (χ1) is 10.2. The summed E-state index contributed by atoms with van der Waals surface area (Å²) in [5.41, 5.74) is 8.92. The van der Waals surface area contributed by atoms with Gasteiger partial charge in [-0.3, -0.25) is 0 Å². The highest BCUT2D eigenvalue weighted by Gasteiger charge is 2.41. The number of hydrogen-bond acceptors (Lipinski definition) is 4. The van der Waals surface area contributed by atoms with Gasteiger partial charge in [0.2, 0.25) is 0 Å². The predicted molar refractivity (Wildman–Crippen MR) is 81.3 cm³/mol. The number of nitrogens with zero attached hydrogens (tertiary/aromatic N) is 4. The largest absolute Gasteiger partial charge is 0.398 e. The van der Waals surface area contributed by atoms with Crippen molar-refractivity contribution in [3.05, 3.63) is 23.8 Å². The monoisotopic (exact) mass is 283 g/mol. The van der Waals surface area contributed by atoms with Crippen LogP contribution in [0.15, 0.2) is 18.2 Å². The third-order valence-corrected chi connectivity index (χ3v) is 4.99. The minimum absolute atomic E-state index is 0.758. The zero-order valence-electron chi connectivity index (χ0n) is 12.4. The summed E-state index contributed by atoms with van der Waals surface area (Å²) >= 11 is 0. The van der Waals surface area contributed by atoms with Crippen molar-refractivity contribution >= 4 is 5.69 Å². The van der Waals surface area contributed by atoms with Crippen molar-refractivity contribution in [2.24, 2.45) is 17.8 Å². The van der Waals surface area contributed by atoms with Gasteiger partial charge in [-0.15, -0.1) is 5.10 Å². The Balaban J connectivity index is 1.65. The van der Waals surface area contributed by atoms with E-state index in [2.05, 4.69) is 21.6 Å². The molecule has 0 spiro atoms. The number of hydrogen-bond donors (Lipinski definition) is 1. The minimum atomic E-state index is 0.758. The smallest absolute Gasteiger partial charge is 0.182 e. The van der Waals surface area contributed by atoms with Gasteiger partial charge in [-0.1, -0.05) is 12.1 Å². The van der Waals surface area contributed by atoms with Gasteiger partial charge in [0.1, 0.15) is 0 Å². The molecule has 0 atom stereocenters. The Morgan fingerprint density at radius 1 is 1.24 bits per heavy atom. The molecule has 0 unspecified atom stereocenters. The highest BCUT2D eigenvalue weighted by atomic mass is 15.5. The van der Waals surface area contributed by atoms with Gasteiger partial charge in [-0.25, -0.2) is 4.68 Å². The summed E-state index contributed by atoms with van der Waals surface area (Å²) in [5, 5.41) is 12.4. The lowest BCUT2D eigenvalue weighted by molar-refractivity contribution is 0.331. The third-order valence-electron chi connectivity index (χ3n) is 4.99. The van der Waals surface area contributed by atoms with Crippen LogP contribution in [0, 0.1) is 24.7 Å². The molecule has 0 aliphatic heterocycles. The quantitative estimate of drug-likeness (QED) is 0.856. The lowest BCUT2D eigenvalue weighted by Gasteiger charge is -2.16. The van der Waals surface area contributed by atoms with E-state index in [0.717, 1.165) is 46.9 Å². The molecule has 2 aliphatic rings. The molecular weight excluding hydrogens is 262 g/mol. The van der Waals surface area contributed by atoms with E-state index in [4.69, 9.17) is 5.73 Å². The lowest BCUT2D eigenvalue weighted by Crippen LogP contribution is -2.17. The van der Waals surface area contributed by atoms with Crippen molar-refractivity contribution < 1.29 is 0 Å². The number of aromatic nitrogens is 4. The molecule has 21 heavy (non-hydrogen) atoms. The highest BCUT2D eigenvalue weighted by molar-refractivity contribution is 5.67. The molecule has 2 saturated carbocycles. The zero-order chi connectivity index (χ0) is 14.4. The van der Waals surface area contributed by atoms with Crippen molar-refractivity contribution in [2.45, 2.75) is 39.2 Å². The van der Waals surface area contributed by atoms with E-state index in [1.807, 2.05) is 23.7 Å². The normalized spacial score (nSPS) is 18.4. The Morgan fingerprint density at radius 3 is 2.62 bits per heavy atom. The predicted octanol–water partition coefficient (Wildman–Crippen LogP) is 2.67. The topological polar surface area (TPSA) is 69.6 Å². The molecule has 2 N–H and O–H groups in total. The zero-order valence-corrected chi connectivity index (χ0v) is 12.4. The summed E-state index contributed by atoms with van der Waals surface area (Å²) in [7, 11) is 0. The minimum Gasteiger partial charge on any atom is -0.398 e. The van der Waals surface area contributed by atoms with E-state index < -0.39 is 0 Å². The lowest BCUT2D eigenvalue weighted by atomic mass is 9.98. The first-order valence-electron chi connectivity index (χ1n) is 7.85. The number of nitrogen functional groups attached to an aromatic ring is 1. The summed E-state index contributed by atoms with van der Waals surface area (Å²) in [6, 6.07) is 5.94. The Hall–Kier alpha value is -1.91. The second kappa shape index (κ2) is 4.83. The van der Waals surface area contributed by atoms with Gasteiger partial charge in [-0.2, -0.15) is 0 Å². The number of rotatable bonds is 5. The van der Waals surface area contributed by atoms with Gasteiger partial charge in [0.05, 0.1) is 0 Å². The Morgan fingerprint density at radius 2 is 1.95 bits per heavy atom. The summed E-state index contributed by atoms with van der Waals surface area (Å²) in [6.45, 7) is 2.98. The molecule has 0 saturated heterocycles. The fraction of sp³-hybridized carbons (Fsp3) is 0.562. The molecule has 5 nitrogen and oxygen atoms in total. The van der Waals surface area contributed by atoms with Crippen LogP contribution in [0.25, 0.3) is 11.4 Å². The van der Waals surface area contributed by atoms with Crippen molar-refractivity contribution in [3.63, 3.8) is 0 Å². The molecule has 2 aromatic rings. The Bertz CT molecular complexity index is 642. The second-order valence-corrected chi connectivity index (χ2v) is 6.54. The SMILES string of the molecule is Cc1c(N)cccc1-c1nnnn1CC(C1CC1)C1CC1. The molecule has 1 heterocycles. The average molecular weight is 283 g/mol. The van der Waals surface area contributed by atoms with E-state index in [0.29, 0.717) is 0 Å². The van der Waals surface area contributed by atoms with E-state index in [1.165, 1.54) is 25.7 Å². The van der Waals surface area contributed by atoms with E-state index in [9.17, 15) is 0 Å². The average Bonchev–Trinajstić information content (AvgIpc) is 3.39. The van der Waals surface area contributed by atoms with Crippen LogP contribution >= 0.6 is 0 Å². The van der Waals surface area contributed by atoms with Gasteiger partial charge in [0.25, 0.3) is 0 Å². The maximum absolute atomic E-state index is 6.02. The fourth-order valence-corrected chi connectivity index (χ4v) is 3.35. The molecule has 2 aliphatic carbocycles. The number of nitrogens with two attached hydrogens (primary N) is 1. The van der Waals surface area contributed by atoms with Crippen LogP contribution in [0.2, 0.25) is 0 Å². The number of tetrazole rings is 1. The van der Waals surface area contributed by atoms with E-state index in [-0.39, 0.29) is 0 Å². The molecule has 0 bridgehead atoms. The molecule has 5 heteroatoms. The van der Waals surface area contributed by atoms with E-state index in [1.54, 1.807) is 0 Å². The van der Waals surface area contributed by atoms with Crippen LogP contribution < -0.4 is 5.73 Å². The van der Waals surface area contributed by atoms with Gasteiger partial charge < -0.3 is 5.73 Å². The first-order valence-corrected chi connectivity index (χ1v) is 7.85. The van der Waals surface area contributed by atoms with Crippen molar-refractivity contribution in [1.29, 1.82) is 0 Å². The van der Waals surface area contributed by atoms with Crippen molar-refractivity contribution in [1.82, 2.24) is 20.2 Å². The van der Waals surface area contributed by atoms with Gasteiger partial charge in [0.15, 0.2) is 5.82 Å². The standard InChI is InChI=1S/C16H21N5/c1-10-13(3-2-4-15(10)17)16-18-19-20-21(16)9-14(11-5-6-11)12-7-8-12/h2-4,11-12,14H,5-9,17H2,1H3. The highest BCUT2D eigenvalue weighted by Crippen LogP contribution is 2.50. The van der Waals surface area contributed by atoms with Gasteiger partial charge in [-0.05, 0) is 72.4 Å². The second-order valence-electron chi connectivity index (χ2n) is 6.54. The summed E-state index contributed by atoms with van der Waals surface area (Å²) in [6.07, 6.45) is 5.54. The van der Waals surface area contributed by atoms with E-state index >= 15 is 0 Å². The molecule has 110 valence electrons. The molecule has 4 rings (SSSR count). The number of anilines is 1. The summed E-state index contributed by atoms with van der Waals surface area (Å²) < 4.78 is 1.99. The van der Waals surface area contributed by atoms with Gasteiger partial charge in [0, 0.05) is 17.8 Å². The first kappa shape index (κ1) is 12.8. The van der Waals surface area contributed by atoms with Crippen LogP contribution in [-0.4, -0.2) is 20.2 Å². The van der Waals surface area contributed by atoms with Crippen LogP contribution in [0.4, 0.5) is 5.69 Å². The number of benzene rings is 1.